The molecule has 0 amide bonds. The van der Waals surface area contributed by atoms with Crippen molar-refractivity contribution in [2.75, 3.05) is 13.6 Å². The molecule has 0 aromatic carbocycles. The molecule has 0 aromatic rings. The average Bonchev–Trinajstić information content (AvgIpc) is 1.84. The van der Waals surface area contributed by atoms with Crippen LogP contribution in [-0.4, -0.2) is 36.4 Å². The highest BCUT2D eigenvalue weighted by molar-refractivity contribution is 5.88. The Morgan fingerprint density at radius 1 is 1.50 bits per heavy atom. The fourth-order valence-corrected chi connectivity index (χ4v) is 0.434. The highest BCUT2D eigenvalue weighted by atomic mass is 16.5. The summed E-state index contributed by atoms with van der Waals surface area (Å²) >= 11 is 0. The lowest BCUT2D eigenvalue weighted by Gasteiger charge is -2.14. The third kappa shape index (κ3) is 4.09. The number of esters is 1. The minimum Gasteiger partial charge on any atom is -0.392 e. The normalized spacial score (nSPS) is 8.75. The molecule has 6 N–H and O–H groups in total. The summed E-state index contributed by atoms with van der Waals surface area (Å²) in [6.45, 7) is -0.199. The lowest BCUT2D eigenvalue weighted by Crippen LogP contribution is -2.38. The lowest BCUT2D eigenvalue weighted by molar-refractivity contribution is -0.135. The summed E-state index contributed by atoms with van der Waals surface area (Å²) in [5, 5.41) is 13.5. The number of amidine groups is 1. The second-order valence-electron chi connectivity index (χ2n) is 2.08. The maximum Gasteiger partial charge on any atom is 0.333 e. The summed E-state index contributed by atoms with van der Waals surface area (Å²) in [5.41, 5.74) is 9.81. The number of carbonyl (C=O) groups excluding carboxylic acids is 1. The maximum absolute atomic E-state index is 10.7. The molecule has 68 valence electrons. The number of nitrogens with two attached hydrogens (primary N) is 2. The predicted octanol–water partition coefficient (Wildman–Crippen LogP) is -1.75. The summed E-state index contributed by atoms with van der Waals surface area (Å²) in [6.07, 6.45) is 0. The van der Waals surface area contributed by atoms with E-state index in [0.717, 1.165) is 4.90 Å². The molecule has 12 heavy (non-hydrogen) atoms. The molecule has 0 aliphatic heterocycles. The van der Waals surface area contributed by atoms with Gasteiger partial charge in [0.2, 0.25) is 0 Å². The van der Waals surface area contributed by atoms with E-state index < -0.39 is 12.0 Å². The van der Waals surface area contributed by atoms with Gasteiger partial charge in [-0.2, -0.15) is 0 Å². The molecule has 0 saturated heterocycles. The number of nitrogens with one attached hydrogen (secondary N) is 2. The monoisotopic (exact) mass is 173 g/mol. The van der Waals surface area contributed by atoms with Crippen molar-refractivity contribution < 1.29 is 9.53 Å². The molecule has 0 spiro atoms. The van der Waals surface area contributed by atoms with Gasteiger partial charge in [-0.05, 0) is 0 Å². The second-order valence-corrected chi connectivity index (χ2v) is 2.08. The largest absolute Gasteiger partial charge is 0.392 e. The van der Waals surface area contributed by atoms with E-state index in [1.165, 1.54) is 7.05 Å². The van der Waals surface area contributed by atoms with Crippen LogP contribution in [0.15, 0.2) is 0 Å². The first-order chi connectivity index (χ1) is 5.43. The number of nitrogens with zero attached hydrogens (tertiary/aromatic N) is 1. The van der Waals surface area contributed by atoms with Gasteiger partial charge in [-0.3, -0.25) is 10.8 Å². The van der Waals surface area contributed by atoms with E-state index in [1.54, 1.807) is 0 Å². The van der Waals surface area contributed by atoms with Crippen LogP contribution in [0.4, 0.5) is 0 Å². The molecule has 0 aliphatic rings. The molecule has 0 heterocycles. The number of likely N-dealkylation sites (N-methyl/N-ethyl adjacent to an activating group) is 1. The Labute approximate surface area is 69.3 Å². The van der Waals surface area contributed by atoms with Crippen molar-refractivity contribution in [2.45, 2.75) is 0 Å². The summed E-state index contributed by atoms with van der Waals surface area (Å²) in [4.78, 5) is 11.9. The smallest absolute Gasteiger partial charge is 0.333 e. The molecular formula is C5H11N5O2. The molecule has 0 bridgehead atoms. The van der Waals surface area contributed by atoms with Gasteiger partial charge >= 0.3 is 5.97 Å². The Balaban J connectivity index is 3.85. The van der Waals surface area contributed by atoms with Gasteiger partial charge in [-0.25, -0.2) is 4.79 Å². The minimum absolute atomic E-state index is 0.199. The van der Waals surface area contributed by atoms with Crippen molar-refractivity contribution in [3.05, 3.63) is 0 Å². The van der Waals surface area contributed by atoms with Crippen molar-refractivity contribution in [3.63, 3.8) is 0 Å². The third-order valence-corrected chi connectivity index (χ3v) is 1.00. The van der Waals surface area contributed by atoms with E-state index in [-0.39, 0.29) is 12.5 Å². The zero-order valence-electron chi connectivity index (χ0n) is 6.63. The van der Waals surface area contributed by atoms with Crippen LogP contribution in [0.5, 0.6) is 0 Å². The van der Waals surface area contributed by atoms with E-state index in [9.17, 15) is 4.79 Å². The lowest BCUT2D eigenvalue weighted by atomic mass is 10.6. The summed E-state index contributed by atoms with van der Waals surface area (Å²) in [7, 11) is 1.45. The molecular weight excluding hydrogens is 162 g/mol. The first-order valence-electron chi connectivity index (χ1n) is 3.03. The van der Waals surface area contributed by atoms with Crippen LogP contribution in [0.25, 0.3) is 0 Å². The molecule has 0 fully saturated rings. The molecule has 7 heteroatoms. The van der Waals surface area contributed by atoms with Gasteiger partial charge in [-0.15, -0.1) is 0 Å². The minimum atomic E-state index is -0.722. The van der Waals surface area contributed by atoms with Crippen LogP contribution in [0.3, 0.4) is 0 Å². The molecule has 0 atom stereocenters. The summed E-state index contributed by atoms with van der Waals surface area (Å²) in [5.74, 6) is -0.976. The number of hydrogen-bond acceptors (Lipinski definition) is 4. The Morgan fingerprint density at radius 3 is 2.33 bits per heavy atom. The van der Waals surface area contributed by atoms with Gasteiger partial charge in [0.05, 0.1) is 0 Å². The standard InChI is InChI=1S/C5H11N5O2/c1-10(4(6)7)2-3(11)12-5(8)9/h2H2,1H3,(H3,6,7)(H3,8,9). The Bertz CT molecular complexity index is 214. The van der Waals surface area contributed by atoms with E-state index >= 15 is 0 Å². The van der Waals surface area contributed by atoms with Gasteiger partial charge in [0, 0.05) is 7.05 Å². The van der Waals surface area contributed by atoms with Crippen LogP contribution in [0.2, 0.25) is 0 Å². The fraction of sp³-hybridized carbons (Fsp3) is 0.400. The van der Waals surface area contributed by atoms with E-state index in [2.05, 4.69) is 4.74 Å². The molecule has 0 unspecified atom stereocenters. The van der Waals surface area contributed by atoms with Gasteiger partial charge in [-0.1, -0.05) is 0 Å². The molecule has 0 rings (SSSR count). The Morgan fingerprint density at radius 2 is 2.00 bits per heavy atom. The molecule has 7 nitrogen and oxygen atoms in total. The molecule has 0 radical (unpaired) electrons. The van der Waals surface area contributed by atoms with E-state index in [0.29, 0.717) is 0 Å². The van der Waals surface area contributed by atoms with Crippen LogP contribution < -0.4 is 11.5 Å². The van der Waals surface area contributed by atoms with Crippen molar-refractivity contribution in [1.82, 2.24) is 4.90 Å². The number of ether oxygens (including phenoxy) is 1. The topological polar surface area (TPSA) is 129 Å². The van der Waals surface area contributed by atoms with Crippen molar-refractivity contribution in [2.24, 2.45) is 11.5 Å². The van der Waals surface area contributed by atoms with Crippen molar-refractivity contribution in [1.29, 1.82) is 10.8 Å². The fourth-order valence-electron chi connectivity index (χ4n) is 0.434. The van der Waals surface area contributed by atoms with E-state index in [4.69, 9.17) is 22.3 Å². The van der Waals surface area contributed by atoms with Crippen molar-refractivity contribution >= 4 is 18.0 Å². The maximum atomic E-state index is 10.7. The van der Waals surface area contributed by atoms with Crippen LogP contribution in [0.1, 0.15) is 0 Å². The number of hydrogen-bond donors (Lipinski definition) is 4. The number of carbonyl (C=O) groups is 1. The van der Waals surface area contributed by atoms with Gasteiger partial charge in [0.25, 0.3) is 6.02 Å². The van der Waals surface area contributed by atoms with Crippen LogP contribution in [-0.2, 0) is 9.53 Å². The predicted molar refractivity (Wildman–Crippen MR) is 42.6 cm³/mol. The second kappa shape index (κ2) is 4.16. The zero-order chi connectivity index (χ0) is 9.72. The van der Waals surface area contributed by atoms with Gasteiger partial charge in [0.15, 0.2) is 5.96 Å². The molecule has 0 aliphatic carbocycles. The Hall–Kier alpha value is -1.79. The molecule has 0 saturated carbocycles. The average molecular weight is 173 g/mol. The summed E-state index contributed by atoms with van der Waals surface area (Å²) in [6, 6.07) is -0.669. The van der Waals surface area contributed by atoms with Gasteiger partial charge < -0.3 is 21.1 Å². The SMILES string of the molecule is CN(CC(=O)OC(=N)N)C(=N)N. The molecule has 0 aromatic heterocycles. The quantitative estimate of drug-likeness (QED) is 0.223. The highest BCUT2D eigenvalue weighted by Crippen LogP contribution is 1.83. The summed E-state index contributed by atoms with van der Waals surface area (Å²) < 4.78 is 4.20. The van der Waals surface area contributed by atoms with Crippen LogP contribution >= 0.6 is 0 Å². The number of rotatable bonds is 2. The van der Waals surface area contributed by atoms with Crippen molar-refractivity contribution in [3.8, 4) is 0 Å². The van der Waals surface area contributed by atoms with Crippen LogP contribution in [0, 0.1) is 10.8 Å². The van der Waals surface area contributed by atoms with Gasteiger partial charge in [0.1, 0.15) is 6.54 Å². The Kier molecular flexibility index (Phi) is 3.54. The third-order valence-electron chi connectivity index (χ3n) is 1.00. The first-order valence-corrected chi connectivity index (χ1v) is 3.03. The zero-order valence-corrected chi connectivity index (χ0v) is 6.63. The number of guanidine groups is 1. The van der Waals surface area contributed by atoms with E-state index in [1.807, 2.05) is 0 Å². The first kappa shape index (κ1) is 10.2. The highest BCUT2D eigenvalue weighted by Gasteiger charge is 2.09.